The average Bonchev–Trinajstić information content (AvgIpc) is 2.17. The van der Waals surface area contributed by atoms with Gasteiger partial charge in [-0.25, -0.2) is 8.42 Å². The highest BCUT2D eigenvalue weighted by atomic mass is 32.2. The van der Waals surface area contributed by atoms with Crippen molar-refractivity contribution in [2.45, 2.75) is 26.1 Å². The Kier molecular flexibility index (Phi) is 2.47. The van der Waals surface area contributed by atoms with Crippen LogP contribution in [0.1, 0.15) is 20.8 Å². The molecule has 0 bridgehead atoms. The Bertz CT molecular complexity index is 512. The quantitative estimate of drug-likeness (QED) is 0.501. The summed E-state index contributed by atoms with van der Waals surface area (Å²) in [6.07, 6.45) is 2.89. The van der Waals surface area contributed by atoms with Crippen molar-refractivity contribution in [3.05, 3.63) is 12.3 Å². The smallest absolute Gasteiger partial charge is 0.241 e. The molecule has 0 radical (unpaired) electrons. The highest BCUT2D eigenvalue weighted by Gasteiger charge is 2.59. The number of amides is 1. The van der Waals surface area contributed by atoms with E-state index in [1.165, 1.54) is 12.3 Å². The van der Waals surface area contributed by atoms with Crippen LogP contribution in [-0.4, -0.2) is 36.1 Å². The number of sulfone groups is 1. The van der Waals surface area contributed by atoms with E-state index in [1.54, 1.807) is 20.8 Å². The van der Waals surface area contributed by atoms with Gasteiger partial charge in [-0.1, -0.05) is 26.8 Å². The second kappa shape index (κ2) is 3.41. The summed E-state index contributed by atoms with van der Waals surface area (Å²) in [6.45, 7) is 5.07. The maximum Gasteiger partial charge on any atom is 0.241 e. The SMILES string of the molecule is CC(C)(C)C(=O)C1C(=O)N2C=CCS(=O)(=O)[C@@H]12. The van der Waals surface area contributed by atoms with Crippen molar-refractivity contribution >= 4 is 21.5 Å². The molecule has 1 unspecified atom stereocenters. The molecular formula is C11H15NO4S. The molecule has 2 aliphatic heterocycles. The molecule has 0 aromatic rings. The maximum atomic E-state index is 12.1. The van der Waals surface area contributed by atoms with E-state index in [9.17, 15) is 18.0 Å². The summed E-state index contributed by atoms with van der Waals surface area (Å²) in [5, 5.41) is -0.980. The molecule has 0 aromatic carbocycles. The molecule has 2 heterocycles. The van der Waals surface area contributed by atoms with Crippen molar-refractivity contribution in [3.63, 3.8) is 0 Å². The van der Waals surface area contributed by atoms with Crippen molar-refractivity contribution in [3.8, 4) is 0 Å². The van der Waals surface area contributed by atoms with Crippen LogP contribution in [0, 0.1) is 11.3 Å². The first kappa shape index (κ1) is 12.3. The Hall–Kier alpha value is -1.17. The number of rotatable bonds is 1. The zero-order valence-corrected chi connectivity index (χ0v) is 10.8. The molecule has 94 valence electrons. The summed E-state index contributed by atoms with van der Waals surface area (Å²) in [7, 11) is -3.41. The van der Waals surface area contributed by atoms with Gasteiger partial charge in [-0.3, -0.25) is 14.5 Å². The molecule has 0 spiro atoms. The summed E-state index contributed by atoms with van der Waals surface area (Å²) >= 11 is 0. The van der Waals surface area contributed by atoms with E-state index in [1.807, 2.05) is 0 Å². The van der Waals surface area contributed by atoms with Gasteiger partial charge in [-0.15, -0.1) is 0 Å². The zero-order chi connectivity index (χ0) is 13.0. The van der Waals surface area contributed by atoms with Gasteiger partial charge in [-0.2, -0.15) is 0 Å². The number of carbonyl (C=O) groups excluding carboxylic acids is 2. The minimum absolute atomic E-state index is 0.102. The minimum Gasteiger partial charge on any atom is -0.300 e. The maximum absolute atomic E-state index is 12.1. The first-order chi connectivity index (χ1) is 7.66. The second-order valence-electron chi connectivity index (χ2n) is 5.44. The molecule has 1 saturated heterocycles. The number of carbonyl (C=O) groups is 2. The van der Waals surface area contributed by atoms with Crippen molar-refractivity contribution in [1.82, 2.24) is 4.90 Å². The van der Waals surface area contributed by atoms with Gasteiger partial charge in [0, 0.05) is 11.6 Å². The van der Waals surface area contributed by atoms with Crippen LogP contribution in [0.4, 0.5) is 0 Å². The number of hydrogen-bond acceptors (Lipinski definition) is 4. The van der Waals surface area contributed by atoms with Crippen LogP contribution in [0.2, 0.25) is 0 Å². The van der Waals surface area contributed by atoms with Crippen LogP contribution < -0.4 is 0 Å². The standard InChI is InChI=1S/C11H15NO4S/c1-11(2,3)8(13)7-9(14)12-5-4-6-17(15,16)10(7)12/h4-5,7,10H,6H2,1-3H3/t7?,10-/m0/s1. The molecule has 0 aromatic heterocycles. The Labute approximate surface area is 100 Å². The molecule has 0 saturated carbocycles. The lowest BCUT2D eigenvalue weighted by Crippen LogP contribution is -2.67. The predicted molar refractivity (Wildman–Crippen MR) is 61.5 cm³/mol. The largest absolute Gasteiger partial charge is 0.300 e. The van der Waals surface area contributed by atoms with Crippen LogP contribution in [0.15, 0.2) is 12.3 Å². The van der Waals surface area contributed by atoms with Crippen molar-refractivity contribution in [1.29, 1.82) is 0 Å². The van der Waals surface area contributed by atoms with E-state index in [4.69, 9.17) is 0 Å². The number of β-lactam (4-membered cyclic amide) rings is 1. The van der Waals surface area contributed by atoms with E-state index in [2.05, 4.69) is 0 Å². The van der Waals surface area contributed by atoms with E-state index < -0.39 is 32.5 Å². The van der Waals surface area contributed by atoms with Crippen LogP contribution in [0.5, 0.6) is 0 Å². The topological polar surface area (TPSA) is 71.5 Å². The number of ketones is 1. The lowest BCUT2D eigenvalue weighted by molar-refractivity contribution is -0.155. The van der Waals surface area contributed by atoms with Gasteiger partial charge in [0.05, 0.1) is 5.75 Å². The Morgan fingerprint density at radius 1 is 1.41 bits per heavy atom. The second-order valence-corrected chi connectivity index (χ2v) is 7.58. The first-order valence-electron chi connectivity index (χ1n) is 5.41. The van der Waals surface area contributed by atoms with Gasteiger partial charge < -0.3 is 0 Å². The Balaban J connectivity index is 2.37. The van der Waals surface area contributed by atoms with Crippen LogP contribution in [0.3, 0.4) is 0 Å². The predicted octanol–water partition coefficient (Wildman–Crippen LogP) is 0.328. The number of nitrogens with zero attached hydrogens (tertiary/aromatic N) is 1. The highest BCUT2D eigenvalue weighted by molar-refractivity contribution is 7.92. The number of Topliss-reactive ketones (excluding diaryl/α,β-unsaturated/α-hetero) is 1. The van der Waals surface area contributed by atoms with Crippen molar-refractivity contribution < 1.29 is 18.0 Å². The van der Waals surface area contributed by atoms with Gasteiger partial charge in [0.15, 0.2) is 21.0 Å². The van der Waals surface area contributed by atoms with Crippen LogP contribution in [0.25, 0.3) is 0 Å². The normalized spacial score (nSPS) is 30.8. The Morgan fingerprint density at radius 2 is 2.00 bits per heavy atom. The summed E-state index contributed by atoms with van der Waals surface area (Å²) in [4.78, 5) is 25.0. The van der Waals surface area contributed by atoms with Crippen LogP contribution >= 0.6 is 0 Å². The third kappa shape index (κ3) is 1.71. The van der Waals surface area contributed by atoms with Gasteiger partial charge in [0.1, 0.15) is 5.92 Å². The summed E-state index contributed by atoms with van der Waals surface area (Å²) in [5.41, 5.74) is -0.705. The molecule has 1 amide bonds. The number of fused-ring (bicyclic) bond motifs is 1. The van der Waals surface area contributed by atoms with Crippen LogP contribution in [-0.2, 0) is 19.4 Å². The van der Waals surface area contributed by atoms with Crippen molar-refractivity contribution in [2.75, 3.05) is 5.75 Å². The third-order valence-corrected chi connectivity index (χ3v) is 4.96. The lowest BCUT2D eigenvalue weighted by atomic mass is 9.79. The number of hydrogen-bond donors (Lipinski definition) is 0. The van der Waals surface area contributed by atoms with E-state index in [0.29, 0.717) is 0 Å². The molecular weight excluding hydrogens is 242 g/mol. The van der Waals surface area contributed by atoms with E-state index in [-0.39, 0.29) is 11.5 Å². The van der Waals surface area contributed by atoms with Gasteiger partial charge in [-0.05, 0) is 0 Å². The molecule has 17 heavy (non-hydrogen) atoms. The highest BCUT2D eigenvalue weighted by Crippen LogP contribution is 2.38. The van der Waals surface area contributed by atoms with E-state index >= 15 is 0 Å². The van der Waals surface area contributed by atoms with Gasteiger partial charge in [0.25, 0.3) is 0 Å². The molecule has 0 N–H and O–H groups in total. The Morgan fingerprint density at radius 3 is 2.53 bits per heavy atom. The van der Waals surface area contributed by atoms with Gasteiger partial charge in [0.2, 0.25) is 5.91 Å². The fourth-order valence-electron chi connectivity index (χ4n) is 2.12. The lowest BCUT2D eigenvalue weighted by Gasteiger charge is -2.46. The molecule has 0 aliphatic carbocycles. The van der Waals surface area contributed by atoms with Gasteiger partial charge >= 0.3 is 0 Å². The summed E-state index contributed by atoms with van der Waals surface area (Å²) in [6, 6.07) is 0. The molecule has 1 fully saturated rings. The molecule has 2 rings (SSSR count). The molecule has 6 heteroatoms. The fourth-order valence-corrected chi connectivity index (χ4v) is 3.85. The summed E-state index contributed by atoms with van der Waals surface area (Å²) < 4.78 is 23.7. The monoisotopic (exact) mass is 257 g/mol. The first-order valence-corrected chi connectivity index (χ1v) is 7.12. The van der Waals surface area contributed by atoms with E-state index in [0.717, 1.165) is 4.90 Å². The van der Waals surface area contributed by atoms with Crippen molar-refractivity contribution in [2.24, 2.45) is 11.3 Å². The molecule has 2 atom stereocenters. The zero-order valence-electron chi connectivity index (χ0n) is 10.0. The molecule has 2 aliphatic rings. The molecule has 5 nitrogen and oxygen atoms in total. The minimum atomic E-state index is -3.41. The average molecular weight is 257 g/mol. The third-order valence-electron chi connectivity index (χ3n) is 3.06. The summed E-state index contributed by atoms with van der Waals surface area (Å²) in [5.74, 6) is -1.84. The fraction of sp³-hybridized carbons (Fsp3) is 0.636.